The van der Waals surface area contributed by atoms with Crippen molar-refractivity contribution in [1.82, 2.24) is 10.4 Å². The van der Waals surface area contributed by atoms with Crippen LogP contribution in [-0.4, -0.2) is 11.1 Å². The fourth-order valence-electron chi connectivity index (χ4n) is 2.17. The number of nitrogens with one attached hydrogen (secondary N) is 1. The number of benzene rings is 1. The Morgan fingerprint density at radius 1 is 1.15 bits per heavy atom. The van der Waals surface area contributed by atoms with Gasteiger partial charge in [0.1, 0.15) is 5.75 Å². The Hall–Kier alpha value is -1.91. The zero-order chi connectivity index (χ0) is 14.5. The lowest BCUT2D eigenvalue weighted by Gasteiger charge is -2.18. The number of hydrogen-bond acceptors (Lipinski definition) is 4. The standard InChI is InChI=1S/C16H21N3O/c1-11(2)20-15-6-4-5-13(10-15)16(19-17)14-7-8-18-12(3)9-14/h4-11,16,19H,17H2,1-3H3. The minimum atomic E-state index is -0.0765. The van der Waals surface area contributed by atoms with Gasteiger partial charge in [0.15, 0.2) is 0 Å². The molecule has 0 saturated heterocycles. The van der Waals surface area contributed by atoms with Crippen LogP contribution in [0.5, 0.6) is 5.75 Å². The maximum atomic E-state index is 5.73. The molecule has 0 amide bonds. The topological polar surface area (TPSA) is 60.2 Å². The number of ether oxygens (including phenoxy) is 1. The molecule has 1 heterocycles. The first kappa shape index (κ1) is 14.5. The molecule has 1 atom stereocenters. The summed E-state index contributed by atoms with van der Waals surface area (Å²) in [4.78, 5) is 4.21. The average Bonchev–Trinajstić information content (AvgIpc) is 2.39. The highest BCUT2D eigenvalue weighted by Gasteiger charge is 2.13. The summed E-state index contributed by atoms with van der Waals surface area (Å²) in [5.74, 6) is 6.58. The van der Waals surface area contributed by atoms with Crippen molar-refractivity contribution in [3.05, 3.63) is 59.4 Å². The maximum Gasteiger partial charge on any atom is 0.120 e. The summed E-state index contributed by atoms with van der Waals surface area (Å²) in [6.45, 7) is 5.99. The molecular weight excluding hydrogens is 250 g/mol. The molecule has 3 N–H and O–H groups in total. The van der Waals surface area contributed by atoms with Gasteiger partial charge in [0, 0.05) is 11.9 Å². The lowest BCUT2D eigenvalue weighted by Crippen LogP contribution is -2.29. The molecule has 4 heteroatoms. The Bertz CT molecular complexity index is 569. The van der Waals surface area contributed by atoms with Crippen molar-refractivity contribution >= 4 is 0 Å². The lowest BCUT2D eigenvalue weighted by atomic mass is 9.99. The number of rotatable bonds is 5. The van der Waals surface area contributed by atoms with Crippen LogP contribution in [0.25, 0.3) is 0 Å². The van der Waals surface area contributed by atoms with E-state index in [0.717, 1.165) is 22.6 Å². The number of nitrogens with zero attached hydrogens (tertiary/aromatic N) is 1. The minimum Gasteiger partial charge on any atom is -0.491 e. The molecule has 0 bridgehead atoms. The van der Waals surface area contributed by atoms with Gasteiger partial charge < -0.3 is 4.74 Å². The lowest BCUT2D eigenvalue weighted by molar-refractivity contribution is 0.242. The van der Waals surface area contributed by atoms with Gasteiger partial charge in [0.25, 0.3) is 0 Å². The highest BCUT2D eigenvalue weighted by molar-refractivity contribution is 5.36. The van der Waals surface area contributed by atoms with Crippen LogP contribution in [0.15, 0.2) is 42.6 Å². The van der Waals surface area contributed by atoms with Gasteiger partial charge in [0.2, 0.25) is 0 Å². The number of hydrogen-bond donors (Lipinski definition) is 2. The van der Waals surface area contributed by atoms with Crippen LogP contribution >= 0.6 is 0 Å². The second-order valence-electron chi connectivity index (χ2n) is 5.07. The highest BCUT2D eigenvalue weighted by atomic mass is 16.5. The van der Waals surface area contributed by atoms with Crippen molar-refractivity contribution < 1.29 is 4.74 Å². The number of aryl methyl sites for hydroxylation is 1. The van der Waals surface area contributed by atoms with E-state index in [1.807, 2.05) is 57.2 Å². The molecule has 1 unspecified atom stereocenters. The summed E-state index contributed by atoms with van der Waals surface area (Å²) in [5, 5.41) is 0. The Labute approximate surface area is 120 Å². The van der Waals surface area contributed by atoms with Crippen molar-refractivity contribution in [1.29, 1.82) is 0 Å². The Balaban J connectivity index is 2.32. The second-order valence-corrected chi connectivity index (χ2v) is 5.07. The van der Waals surface area contributed by atoms with Gasteiger partial charge in [-0.1, -0.05) is 12.1 Å². The fourth-order valence-corrected chi connectivity index (χ4v) is 2.17. The zero-order valence-electron chi connectivity index (χ0n) is 12.1. The van der Waals surface area contributed by atoms with Gasteiger partial charge in [-0.2, -0.15) is 0 Å². The van der Waals surface area contributed by atoms with E-state index >= 15 is 0 Å². The van der Waals surface area contributed by atoms with E-state index in [2.05, 4.69) is 10.4 Å². The molecule has 106 valence electrons. The molecule has 0 aliphatic carbocycles. The molecule has 1 aromatic carbocycles. The van der Waals surface area contributed by atoms with Crippen molar-refractivity contribution in [2.45, 2.75) is 32.9 Å². The Kier molecular flexibility index (Phi) is 4.71. The monoisotopic (exact) mass is 271 g/mol. The molecule has 0 saturated carbocycles. The zero-order valence-corrected chi connectivity index (χ0v) is 12.1. The first-order chi connectivity index (χ1) is 9.60. The van der Waals surface area contributed by atoms with Crippen molar-refractivity contribution in [2.75, 3.05) is 0 Å². The molecule has 2 rings (SSSR count). The average molecular weight is 271 g/mol. The maximum absolute atomic E-state index is 5.73. The number of nitrogens with two attached hydrogens (primary N) is 1. The van der Waals surface area contributed by atoms with Gasteiger partial charge in [-0.25, -0.2) is 5.43 Å². The van der Waals surface area contributed by atoms with Gasteiger partial charge in [-0.05, 0) is 56.2 Å². The molecule has 2 aromatic rings. The Morgan fingerprint density at radius 3 is 2.55 bits per heavy atom. The molecule has 0 spiro atoms. The van der Waals surface area contributed by atoms with E-state index in [-0.39, 0.29) is 12.1 Å². The summed E-state index contributed by atoms with van der Waals surface area (Å²) in [6.07, 6.45) is 1.95. The van der Waals surface area contributed by atoms with E-state index in [0.29, 0.717) is 0 Å². The van der Waals surface area contributed by atoms with E-state index in [4.69, 9.17) is 10.6 Å². The van der Waals surface area contributed by atoms with Crippen LogP contribution < -0.4 is 16.0 Å². The van der Waals surface area contributed by atoms with Gasteiger partial charge in [-0.3, -0.25) is 10.8 Å². The largest absolute Gasteiger partial charge is 0.491 e. The molecule has 0 aliphatic heterocycles. The van der Waals surface area contributed by atoms with Gasteiger partial charge >= 0.3 is 0 Å². The van der Waals surface area contributed by atoms with Gasteiger partial charge in [0.05, 0.1) is 12.1 Å². The van der Waals surface area contributed by atoms with Crippen LogP contribution in [0.2, 0.25) is 0 Å². The predicted octanol–water partition coefficient (Wildman–Crippen LogP) is 2.73. The van der Waals surface area contributed by atoms with E-state index < -0.39 is 0 Å². The van der Waals surface area contributed by atoms with E-state index in [9.17, 15) is 0 Å². The fraction of sp³-hybridized carbons (Fsp3) is 0.312. The third kappa shape index (κ3) is 3.56. The number of pyridine rings is 1. The normalized spacial score (nSPS) is 12.4. The van der Waals surface area contributed by atoms with Crippen molar-refractivity contribution in [3.8, 4) is 5.75 Å². The minimum absolute atomic E-state index is 0.0765. The number of aromatic nitrogens is 1. The summed E-state index contributed by atoms with van der Waals surface area (Å²) in [7, 11) is 0. The number of hydrazine groups is 1. The predicted molar refractivity (Wildman–Crippen MR) is 80.3 cm³/mol. The van der Waals surface area contributed by atoms with Crippen molar-refractivity contribution in [2.24, 2.45) is 5.84 Å². The summed E-state index contributed by atoms with van der Waals surface area (Å²) >= 11 is 0. The van der Waals surface area contributed by atoms with E-state index in [1.54, 1.807) is 6.20 Å². The quantitative estimate of drug-likeness (QED) is 0.648. The van der Waals surface area contributed by atoms with Crippen molar-refractivity contribution in [3.63, 3.8) is 0 Å². The molecule has 0 fully saturated rings. The third-order valence-electron chi connectivity index (χ3n) is 2.98. The van der Waals surface area contributed by atoms with Crippen LogP contribution in [0.4, 0.5) is 0 Å². The first-order valence-corrected chi connectivity index (χ1v) is 6.75. The second kappa shape index (κ2) is 6.50. The molecular formula is C16H21N3O. The van der Waals surface area contributed by atoms with Crippen LogP contribution in [0.3, 0.4) is 0 Å². The summed E-state index contributed by atoms with van der Waals surface area (Å²) in [5.41, 5.74) is 5.98. The summed E-state index contributed by atoms with van der Waals surface area (Å²) in [6, 6.07) is 11.9. The van der Waals surface area contributed by atoms with Crippen LogP contribution in [0, 0.1) is 6.92 Å². The summed E-state index contributed by atoms with van der Waals surface area (Å²) < 4.78 is 5.73. The van der Waals surface area contributed by atoms with Crippen LogP contribution in [0.1, 0.15) is 36.7 Å². The molecule has 1 aromatic heterocycles. The molecule has 4 nitrogen and oxygen atoms in total. The van der Waals surface area contributed by atoms with Gasteiger partial charge in [-0.15, -0.1) is 0 Å². The Morgan fingerprint density at radius 2 is 1.90 bits per heavy atom. The third-order valence-corrected chi connectivity index (χ3v) is 2.98. The van der Waals surface area contributed by atoms with Crippen LogP contribution in [-0.2, 0) is 0 Å². The smallest absolute Gasteiger partial charge is 0.120 e. The highest BCUT2D eigenvalue weighted by Crippen LogP contribution is 2.25. The van der Waals surface area contributed by atoms with E-state index in [1.165, 1.54) is 0 Å². The first-order valence-electron chi connectivity index (χ1n) is 6.75. The SMILES string of the molecule is Cc1cc(C(NN)c2cccc(OC(C)C)c2)ccn1. The molecule has 0 aliphatic rings. The molecule has 0 radical (unpaired) electrons. The molecule has 20 heavy (non-hydrogen) atoms.